The van der Waals surface area contributed by atoms with E-state index in [1.165, 1.54) is 0 Å². The smallest absolute Gasteiger partial charge is 0.191 e. The Hall–Kier alpha value is -0.870. The molecule has 1 atom stereocenters. The van der Waals surface area contributed by atoms with Crippen molar-refractivity contribution in [1.82, 2.24) is 20.4 Å². The second-order valence-corrected chi connectivity index (χ2v) is 5.35. The van der Waals surface area contributed by atoms with Gasteiger partial charge in [0.1, 0.15) is 5.60 Å². The number of guanidine groups is 1. The van der Waals surface area contributed by atoms with Crippen molar-refractivity contribution in [2.24, 2.45) is 12.0 Å². The van der Waals surface area contributed by atoms with Gasteiger partial charge in [0, 0.05) is 45.1 Å². The predicted octanol–water partition coefficient (Wildman–Crippen LogP) is 1.23. The molecule has 134 valence electrons. The topological polar surface area (TPSA) is 83.7 Å². The molecule has 0 spiro atoms. The lowest BCUT2D eigenvalue weighted by molar-refractivity contribution is 0.0671. The quantitative estimate of drug-likeness (QED) is 0.233. The molecule has 1 unspecified atom stereocenters. The number of aryl methyl sites for hydroxylation is 1. The summed E-state index contributed by atoms with van der Waals surface area (Å²) in [4.78, 5) is 4.46. The first-order valence-electron chi connectivity index (χ1n) is 7.81. The fourth-order valence-corrected chi connectivity index (χ4v) is 1.89. The van der Waals surface area contributed by atoms with Crippen LogP contribution in [0.25, 0.3) is 0 Å². The van der Waals surface area contributed by atoms with Gasteiger partial charge in [0.15, 0.2) is 5.96 Å². The van der Waals surface area contributed by atoms with Crippen molar-refractivity contribution in [2.45, 2.75) is 32.8 Å². The Labute approximate surface area is 155 Å². The summed E-state index contributed by atoms with van der Waals surface area (Å²) in [5.74, 6) is 0.697. The van der Waals surface area contributed by atoms with Gasteiger partial charge in [-0.1, -0.05) is 0 Å². The third-order valence-electron chi connectivity index (χ3n) is 3.18. The van der Waals surface area contributed by atoms with Crippen LogP contribution in [-0.4, -0.2) is 53.7 Å². The third-order valence-corrected chi connectivity index (χ3v) is 3.18. The highest BCUT2D eigenvalue weighted by Crippen LogP contribution is 2.19. The number of halogens is 1. The Bertz CT molecular complexity index is 462. The van der Waals surface area contributed by atoms with Crippen LogP contribution in [0.15, 0.2) is 17.4 Å². The number of rotatable bonds is 9. The van der Waals surface area contributed by atoms with Crippen LogP contribution in [0.1, 0.15) is 32.8 Å². The molecule has 0 radical (unpaired) electrons. The van der Waals surface area contributed by atoms with E-state index in [9.17, 15) is 5.11 Å². The van der Waals surface area contributed by atoms with Crippen molar-refractivity contribution in [3.63, 3.8) is 0 Å². The summed E-state index contributed by atoms with van der Waals surface area (Å²) in [6, 6.07) is 0. The second-order valence-electron chi connectivity index (χ2n) is 5.35. The zero-order chi connectivity index (χ0) is 16.4. The number of aliphatic hydroxyl groups is 1. The van der Waals surface area contributed by atoms with Gasteiger partial charge in [0.2, 0.25) is 0 Å². The van der Waals surface area contributed by atoms with E-state index < -0.39 is 5.60 Å². The Morgan fingerprint density at radius 1 is 1.43 bits per heavy atom. The maximum absolute atomic E-state index is 10.5. The molecule has 1 heterocycles. The van der Waals surface area contributed by atoms with Gasteiger partial charge in [-0.05, 0) is 27.2 Å². The molecule has 3 N–H and O–H groups in total. The van der Waals surface area contributed by atoms with E-state index in [-0.39, 0.29) is 30.5 Å². The normalized spacial score (nSPS) is 14.0. The number of ether oxygens (including phenoxy) is 1. The minimum absolute atomic E-state index is 0. The fourth-order valence-electron chi connectivity index (χ4n) is 1.89. The Balaban J connectivity index is 0.00000484. The van der Waals surface area contributed by atoms with E-state index in [1.807, 2.05) is 20.9 Å². The van der Waals surface area contributed by atoms with Crippen LogP contribution in [0.2, 0.25) is 0 Å². The molecule has 0 aliphatic carbocycles. The summed E-state index contributed by atoms with van der Waals surface area (Å²) < 4.78 is 6.97. The molecule has 1 aromatic heterocycles. The highest BCUT2D eigenvalue weighted by molar-refractivity contribution is 14.0. The van der Waals surface area contributed by atoms with Crippen molar-refractivity contribution in [1.29, 1.82) is 0 Å². The van der Waals surface area contributed by atoms with E-state index in [1.54, 1.807) is 24.0 Å². The molecule has 0 saturated carbocycles. The van der Waals surface area contributed by atoms with Crippen molar-refractivity contribution in [2.75, 3.05) is 32.8 Å². The van der Waals surface area contributed by atoms with Crippen molar-refractivity contribution in [3.8, 4) is 0 Å². The predicted molar refractivity (Wildman–Crippen MR) is 103 cm³/mol. The number of hydrogen-bond acceptors (Lipinski definition) is 4. The van der Waals surface area contributed by atoms with E-state index in [0.29, 0.717) is 5.96 Å². The highest BCUT2D eigenvalue weighted by Gasteiger charge is 2.24. The van der Waals surface area contributed by atoms with Crippen LogP contribution in [-0.2, 0) is 17.4 Å². The lowest BCUT2D eigenvalue weighted by Gasteiger charge is -2.20. The minimum atomic E-state index is -1.04. The molecule has 0 aliphatic rings. The molecule has 8 heteroatoms. The SMILES string of the molecule is CCNC(=NCC(C)(O)c1cnn(C)c1)NCCCOCC.I. The summed E-state index contributed by atoms with van der Waals surface area (Å²) in [6.07, 6.45) is 4.38. The molecule has 23 heavy (non-hydrogen) atoms. The van der Waals surface area contributed by atoms with Gasteiger partial charge in [0.05, 0.1) is 12.7 Å². The molecule has 0 bridgehead atoms. The van der Waals surface area contributed by atoms with Gasteiger partial charge >= 0.3 is 0 Å². The molecule has 0 saturated heterocycles. The summed E-state index contributed by atoms with van der Waals surface area (Å²) >= 11 is 0. The number of aromatic nitrogens is 2. The average Bonchev–Trinajstić information content (AvgIpc) is 2.92. The highest BCUT2D eigenvalue weighted by atomic mass is 127. The van der Waals surface area contributed by atoms with Crippen molar-refractivity contribution in [3.05, 3.63) is 18.0 Å². The monoisotopic (exact) mass is 439 g/mol. The first-order chi connectivity index (χ1) is 10.5. The molecule has 1 rings (SSSR count). The third kappa shape index (κ3) is 8.52. The summed E-state index contributed by atoms with van der Waals surface area (Å²) in [5.41, 5.74) is -0.284. The zero-order valence-corrected chi connectivity index (χ0v) is 16.8. The van der Waals surface area contributed by atoms with Gasteiger partial charge in [0.25, 0.3) is 0 Å². The molecule has 7 nitrogen and oxygen atoms in total. The van der Waals surface area contributed by atoms with Crippen molar-refractivity contribution < 1.29 is 9.84 Å². The first kappa shape index (κ1) is 22.1. The van der Waals surface area contributed by atoms with Gasteiger partial charge < -0.3 is 20.5 Å². The van der Waals surface area contributed by atoms with E-state index in [0.717, 1.165) is 38.3 Å². The minimum Gasteiger partial charge on any atom is -0.383 e. The average molecular weight is 439 g/mol. The van der Waals surface area contributed by atoms with Crippen LogP contribution in [0, 0.1) is 0 Å². The fraction of sp³-hybridized carbons (Fsp3) is 0.733. The second kappa shape index (κ2) is 11.6. The van der Waals surface area contributed by atoms with E-state index in [4.69, 9.17) is 4.74 Å². The van der Waals surface area contributed by atoms with Crippen LogP contribution in [0.3, 0.4) is 0 Å². The van der Waals surface area contributed by atoms with Crippen LogP contribution < -0.4 is 10.6 Å². The molecule has 0 aromatic carbocycles. The molecule has 0 fully saturated rings. The lowest BCUT2D eigenvalue weighted by Crippen LogP contribution is -2.39. The van der Waals surface area contributed by atoms with Gasteiger partial charge in [-0.2, -0.15) is 5.10 Å². The summed E-state index contributed by atoms with van der Waals surface area (Å²) in [6.45, 7) is 9.02. The number of nitrogens with zero attached hydrogens (tertiary/aromatic N) is 3. The van der Waals surface area contributed by atoms with E-state index >= 15 is 0 Å². The molecule has 0 amide bonds. The largest absolute Gasteiger partial charge is 0.383 e. The number of aliphatic imine (C=N–C) groups is 1. The summed E-state index contributed by atoms with van der Waals surface area (Å²) in [5, 5.41) is 21.0. The Morgan fingerprint density at radius 3 is 2.74 bits per heavy atom. The Morgan fingerprint density at radius 2 is 2.17 bits per heavy atom. The van der Waals surface area contributed by atoms with Gasteiger partial charge in [-0.3, -0.25) is 4.68 Å². The summed E-state index contributed by atoms with van der Waals surface area (Å²) in [7, 11) is 1.83. The van der Waals surface area contributed by atoms with Crippen LogP contribution >= 0.6 is 24.0 Å². The number of nitrogens with one attached hydrogen (secondary N) is 2. The van der Waals surface area contributed by atoms with Crippen molar-refractivity contribution >= 4 is 29.9 Å². The molecule has 1 aromatic rings. The maximum atomic E-state index is 10.5. The van der Waals surface area contributed by atoms with Gasteiger partial charge in [-0.25, -0.2) is 4.99 Å². The first-order valence-corrected chi connectivity index (χ1v) is 7.81. The lowest BCUT2D eigenvalue weighted by atomic mass is 10.0. The van der Waals surface area contributed by atoms with E-state index in [2.05, 4.69) is 20.7 Å². The standard InChI is InChI=1S/C15H29N5O2.HI/c1-5-16-14(17-8-7-9-22-6-2)18-12-15(3,21)13-10-19-20(4)11-13;/h10-11,21H,5-9,12H2,1-4H3,(H2,16,17,18);1H. The van der Waals surface area contributed by atoms with Gasteiger partial charge in [-0.15, -0.1) is 24.0 Å². The molecular formula is C15H30IN5O2. The Kier molecular flexibility index (Phi) is 11.2. The zero-order valence-electron chi connectivity index (χ0n) is 14.5. The molecule has 0 aliphatic heterocycles. The van der Waals surface area contributed by atoms with Crippen LogP contribution in [0.5, 0.6) is 0 Å². The molecular weight excluding hydrogens is 409 g/mol. The van der Waals surface area contributed by atoms with Crippen LogP contribution in [0.4, 0.5) is 0 Å². The maximum Gasteiger partial charge on any atom is 0.191 e. The number of hydrogen-bond donors (Lipinski definition) is 3.